The fourth-order valence-electron chi connectivity index (χ4n) is 2.58. The van der Waals surface area contributed by atoms with Gasteiger partial charge in [0.15, 0.2) is 0 Å². The Morgan fingerprint density at radius 2 is 1.87 bits per heavy atom. The summed E-state index contributed by atoms with van der Waals surface area (Å²) in [5.74, 6) is 0.770. The maximum atomic E-state index is 12.9. The minimum atomic E-state index is -3.55. The fraction of sp³-hybridized carbons (Fsp3) is 0.235. The van der Waals surface area contributed by atoms with Gasteiger partial charge in [0.2, 0.25) is 10.0 Å². The van der Waals surface area contributed by atoms with E-state index in [0.717, 1.165) is 22.4 Å². The van der Waals surface area contributed by atoms with E-state index < -0.39 is 10.0 Å². The predicted molar refractivity (Wildman–Crippen MR) is 90.5 cm³/mol. The molecule has 1 N–H and O–H groups in total. The third-order valence-corrected chi connectivity index (χ3v) is 5.68. The van der Waals surface area contributed by atoms with Crippen molar-refractivity contribution in [2.45, 2.75) is 25.3 Å². The average Bonchev–Trinajstić information content (AvgIpc) is 2.92. The molecule has 0 atom stereocenters. The van der Waals surface area contributed by atoms with Gasteiger partial charge in [-0.1, -0.05) is 37.3 Å². The van der Waals surface area contributed by atoms with Crippen LogP contribution in [0.5, 0.6) is 0 Å². The van der Waals surface area contributed by atoms with Crippen molar-refractivity contribution in [2.24, 2.45) is 0 Å². The molecule has 6 heteroatoms. The molecule has 0 saturated carbocycles. The third kappa shape index (κ3) is 3.13. The topological polar surface area (TPSA) is 66.1 Å². The lowest BCUT2D eigenvalue weighted by molar-refractivity contribution is 0.423. The maximum absolute atomic E-state index is 12.9. The highest BCUT2D eigenvalue weighted by atomic mass is 32.2. The van der Waals surface area contributed by atoms with E-state index in [1.165, 1.54) is 4.31 Å². The molecule has 0 aliphatic rings. The van der Waals surface area contributed by atoms with Crippen LogP contribution in [0.2, 0.25) is 0 Å². The van der Waals surface area contributed by atoms with Gasteiger partial charge >= 0.3 is 0 Å². The number of aromatic nitrogens is 2. The summed E-state index contributed by atoms with van der Waals surface area (Å²) in [6, 6.07) is 14.6. The zero-order valence-electron chi connectivity index (χ0n) is 13.2. The highest BCUT2D eigenvalue weighted by Gasteiger charge is 2.23. The Bertz CT molecular complexity index is 917. The van der Waals surface area contributed by atoms with Gasteiger partial charge in [-0.15, -0.1) is 0 Å². The van der Waals surface area contributed by atoms with Crippen LogP contribution in [0.4, 0.5) is 0 Å². The van der Waals surface area contributed by atoms with Crippen molar-refractivity contribution < 1.29 is 8.42 Å². The van der Waals surface area contributed by atoms with Gasteiger partial charge in [0.1, 0.15) is 5.82 Å². The molecule has 1 heterocycles. The van der Waals surface area contributed by atoms with Crippen molar-refractivity contribution in [2.75, 3.05) is 6.54 Å². The summed E-state index contributed by atoms with van der Waals surface area (Å²) in [5, 5.41) is 0. The Kier molecular flexibility index (Phi) is 4.19. The fourth-order valence-corrected chi connectivity index (χ4v) is 4.04. The van der Waals surface area contributed by atoms with Crippen molar-refractivity contribution >= 4 is 21.1 Å². The van der Waals surface area contributed by atoms with Gasteiger partial charge in [-0.05, 0) is 30.7 Å². The van der Waals surface area contributed by atoms with Crippen LogP contribution in [0.15, 0.2) is 53.4 Å². The first kappa shape index (κ1) is 15.7. The number of hydrogen-bond acceptors (Lipinski definition) is 3. The molecule has 0 bridgehead atoms. The standard InChI is InChI=1S/C17H19N3O2S/c1-3-20(12-14-7-5-4-6-8-14)23(21,22)15-9-10-16-17(11-15)19-13(2)18-16/h4-11H,3,12H2,1-2H3,(H,18,19). The number of benzene rings is 2. The molecule has 0 radical (unpaired) electrons. The number of nitrogens with zero attached hydrogens (tertiary/aromatic N) is 2. The maximum Gasteiger partial charge on any atom is 0.243 e. The molecular formula is C17H19N3O2S. The molecule has 1 aromatic heterocycles. The van der Waals surface area contributed by atoms with Gasteiger partial charge in [-0.2, -0.15) is 4.31 Å². The summed E-state index contributed by atoms with van der Waals surface area (Å²) in [5.41, 5.74) is 2.48. The number of sulfonamides is 1. The zero-order valence-corrected chi connectivity index (χ0v) is 14.0. The minimum Gasteiger partial charge on any atom is -0.342 e. The molecule has 0 fully saturated rings. The Morgan fingerprint density at radius 3 is 2.57 bits per heavy atom. The molecular weight excluding hydrogens is 310 g/mol. The quantitative estimate of drug-likeness (QED) is 0.782. The predicted octanol–water partition coefficient (Wildman–Crippen LogP) is 3.08. The van der Waals surface area contributed by atoms with Crippen LogP contribution >= 0.6 is 0 Å². The van der Waals surface area contributed by atoms with Crippen LogP contribution in [0, 0.1) is 6.92 Å². The van der Waals surface area contributed by atoms with E-state index in [9.17, 15) is 8.42 Å². The Hall–Kier alpha value is -2.18. The van der Waals surface area contributed by atoms with E-state index in [0.29, 0.717) is 13.1 Å². The number of nitrogens with one attached hydrogen (secondary N) is 1. The van der Waals surface area contributed by atoms with Gasteiger partial charge in [0.25, 0.3) is 0 Å². The second-order valence-corrected chi connectivity index (χ2v) is 7.36. The first-order valence-corrected chi connectivity index (χ1v) is 8.95. The highest BCUT2D eigenvalue weighted by molar-refractivity contribution is 7.89. The van der Waals surface area contributed by atoms with Crippen molar-refractivity contribution in [1.82, 2.24) is 14.3 Å². The second kappa shape index (κ2) is 6.14. The summed E-state index contributed by atoms with van der Waals surface area (Å²) in [6.45, 7) is 4.47. The third-order valence-electron chi connectivity index (χ3n) is 3.76. The molecule has 0 amide bonds. The lowest BCUT2D eigenvalue weighted by Crippen LogP contribution is -2.30. The summed E-state index contributed by atoms with van der Waals surface area (Å²) in [7, 11) is -3.55. The van der Waals surface area contributed by atoms with E-state index in [4.69, 9.17) is 0 Å². The van der Waals surface area contributed by atoms with E-state index in [-0.39, 0.29) is 4.90 Å². The number of fused-ring (bicyclic) bond motifs is 1. The molecule has 23 heavy (non-hydrogen) atoms. The minimum absolute atomic E-state index is 0.284. The molecule has 120 valence electrons. The van der Waals surface area contributed by atoms with Crippen LogP contribution in [-0.2, 0) is 16.6 Å². The van der Waals surface area contributed by atoms with E-state index in [1.54, 1.807) is 18.2 Å². The van der Waals surface area contributed by atoms with Crippen molar-refractivity contribution in [3.63, 3.8) is 0 Å². The number of aryl methyl sites for hydroxylation is 1. The molecule has 0 spiro atoms. The lowest BCUT2D eigenvalue weighted by atomic mass is 10.2. The molecule has 0 aliphatic carbocycles. The average molecular weight is 329 g/mol. The van der Waals surface area contributed by atoms with Crippen LogP contribution in [0.25, 0.3) is 11.0 Å². The first-order chi connectivity index (χ1) is 11.0. The monoisotopic (exact) mass is 329 g/mol. The summed E-state index contributed by atoms with van der Waals surface area (Å²) in [4.78, 5) is 7.67. The lowest BCUT2D eigenvalue weighted by Gasteiger charge is -2.20. The van der Waals surface area contributed by atoms with Gasteiger partial charge in [-0.25, -0.2) is 13.4 Å². The number of rotatable bonds is 5. The summed E-state index contributed by atoms with van der Waals surface area (Å²) in [6.07, 6.45) is 0. The summed E-state index contributed by atoms with van der Waals surface area (Å²) < 4.78 is 27.3. The smallest absolute Gasteiger partial charge is 0.243 e. The SMILES string of the molecule is CCN(Cc1ccccc1)S(=O)(=O)c1ccc2nc(C)[nH]c2c1. The molecule has 3 rings (SSSR count). The van der Waals surface area contributed by atoms with E-state index >= 15 is 0 Å². The number of H-pyrrole nitrogens is 1. The van der Waals surface area contributed by atoms with Crippen LogP contribution < -0.4 is 0 Å². The van der Waals surface area contributed by atoms with Crippen molar-refractivity contribution in [1.29, 1.82) is 0 Å². The molecule has 5 nitrogen and oxygen atoms in total. The van der Waals surface area contributed by atoms with Crippen LogP contribution in [-0.4, -0.2) is 29.2 Å². The second-order valence-electron chi connectivity index (χ2n) is 5.42. The zero-order chi connectivity index (χ0) is 16.4. The van der Waals surface area contributed by atoms with Gasteiger partial charge in [-0.3, -0.25) is 0 Å². The number of imidazole rings is 1. The number of hydrogen-bond donors (Lipinski definition) is 1. The molecule has 0 saturated heterocycles. The Labute approximate surface area is 136 Å². The first-order valence-electron chi connectivity index (χ1n) is 7.51. The van der Waals surface area contributed by atoms with E-state index in [1.807, 2.05) is 44.2 Å². The molecule has 2 aromatic carbocycles. The Morgan fingerprint density at radius 1 is 1.13 bits per heavy atom. The molecule has 0 aliphatic heterocycles. The van der Waals surface area contributed by atoms with Gasteiger partial charge in [0, 0.05) is 13.1 Å². The summed E-state index contributed by atoms with van der Waals surface area (Å²) >= 11 is 0. The van der Waals surface area contributed by atoms with E-state index in [2.05, 4.69) is 9.97 Å². The van der Waals surface area contributed by atoms with Gasteiger partial charge < -0.3 is 4.98 Å². The van der Waals surface area contributed by atoms with Crippen LogP contribution in [0.3, 0.4) is 0 Å². The van der Waals surface area contributed by atoms with Crippen molar-refractivity contribution in [3.05, 3.63) is 59.9 Å². The molecule has 3 aromatic rings. The number of aromatic amines is 1. The van der Waals surface area contributed by atoms with Gasteiger partial charge in [0.05, 0.1) is 15.9 Å². The molecule has 0 unspecified atom stereocenters. The Balaban J connectivity index is 1.96. The van der Waals surface area contributed by atoms with Crippen LogP contribution in [0.1, 0.15) is 18.3 Å². The highest BCUT2D eigenvalue weighted by Crippen LogP contribution is 2.22. The normalized spacial score (nSPS) is 12.1. The van der Waals surface area contributed by atoms with Crippen molar-refractivity contribution in [3.8, 4) is 0 Å². The largest absolute Gasteiger partial charge is 0.342 e.